The van der Waals surface area contributed by atoms with Gasteiger partial charge in [-0.05, 0) is 93.4 Å². The molecule has 0 saturated carbocycles. The van der Waals surface area contributed by atoms with E-state index in [-0.39, 0.29) is 5.41 Å². The van der Waals surface area contributed by atoms with E-state index >= 15 is 0 Å². The summed E-state index contributed by atoms with van der Waals surface area (Å²) in [5.41, 5.74) is 17.3. The lowest BCUT2D eigenvalue weighted by Gasteiger charge is -2.28. The van der Waals surface area contributed by atoms with Crippen molar-refractivity contribution in [2.24, 2.45) is 0 Å². The van der Waals surface area contributed by atoms with Crippen LogP contribution in [0.4, 0.5) is 0 Å². The SMILES string of the molecule is CC1(c2ccccc2)c2ccccc2-c2ccc(-c3ccccc3-c3cc(-c4cccc(-c5ccc6oc7ccccc7c6c5)c4)nc(-c4ccccc4)n3)cc21. The molecule has 8 aromatic carbocycles. The minimum Gasteiger partial charge on any atom is -0.456 e. The van der Waals surface area contributed by atoms with Crippen LogP contribution in [-0.2, 0) is 5.41 Å². The third-order valence-corrected chi connectivity index (χ3v) is 11.8. The second-order valence-electron chi connectivity index (χ2n) is 15.1. The largest absolute Gasteiger partial charge is 0.456 e. The zero-order valence-corrected chi connectivity index (χ0v) is 31.4. The summed E-state index contributed by atoms with van der Waals surface area (Å²) < 4.78 is 6.14. The fraction of sp³-hybridized carbons (Fsp3) is 0.0370. The molecule has 0 amide bonds. The molecule has 1 atom stereocenters. The minimum atomic E-state index is -0.291. The Kier molecular flexibility index (Phi) is 7.61. The molecule has 1 unspecified atom stereocenters. The molecule has 268 valence electrons. The van der Waals surface area contributed by atoms with Crippen molar-refractivity contribution in [3.8, 4) is 67.3 Å². The molecule has 0 aliphatic heterocycles. The van der Waals surface area contributed by atoms with E-state index in [1.807, 2.05) is 30.3 Å². The third kappa shape index (κ3) is 5.43. The molecule has 1 aliphatic carbocycles. The number of benzene rings is 8. The van der Waals surface area contributed by atoms with Gasteiger partial charge < -0.3 is 4.42 Å². The molecule has 3 heteroatoms. The highest BCUT2D eigenvalue weighted by atomic mass is 16.3. The Morgan fingerprint density at radius 1 is 0.368 bits per heavy atom. The molecule has 0 saturated heterocycles. The molecule has 2 aromatic heterocycles. The lowest BCUT2D eigenvalue weighted by atomic mass is 9.74. The van der Waals surface area contributed by atoms with E-state index in [9.17, 15) is 0 Å². The summed E-state index contributed by atoms with van der Waals surface area (Å²) >= 11 is 0. The van der Waals surface area contributed by atoms with Crippen LogP contribution in [0.15, 0.2) is 205 Å². The second kappa shape index (κ2) is 13.1. The van der Waals surface area contributed by atoms with Gasteiger partial charge in [-0.15, -0.1) is 0 Å². The van der Waals surface area contributed by atoms with Crippen molar-refractivity contribution in [1.29, 1.82) is 0 Å². The van der Waals surface area contributed by atoms with Gasteiger partial charge in [0.2, 0.25) is 0 Å². The average Bonchev–Trinajstić information content (AvgIpc) is 3.79. The molecule has 0 fully saturated rings. The number of furan rings is 1. The standard InChI is InChI=1S/C54H36N2O/c1-54(40-19-6-3-7-20-40)47-25-12-10-22-42(47)43-29-27-38(33-48(43)54)41-21-8-9-23-44(41)50-34-49(55-53(56-50)35-15-4-2-5-16-35)39-18-14-17-36(31-39)37-28-30-52-46(32-37)45-24-11-13-26-51(45)57-52/h2-34H,1H3. The summed E-state index contributed by atoms with van der Waals surface area (Å²) in [4.78, 5) is 10.5. The molecule has 3 nitrogen and oxygen atoms in total. The van der Waals surface area contributed by atoms with Crippen molar-refractivity contribution in [3.05, 3.63) is 217 Å². The Morgan fingerprint density at radius 2 is 0.982 bits per heavy atom. The molecule has 1 aliphatic rings. The molecule has 0 spiro atoms. The van der Waals surface area contributed by atoms with E-state index in [0.717, 1.165) is 72.3 Å². The van der Waals surface area contributed by atoms with E-state index in [4.69, 9.17) is 14.4 Å². The highest BCUT2D eigenvalue weighted by molar-refractivity contribution is 6.06. The number of aromatic nitrogens is 2. The van der Waals surface area contributed by atoms with Crippen LogP contribution in [0.2, 0.25) is 0 Å². The van der Waals surface area contributed by atoms with Crippen molar-refractivity contribution in [3.63, 3.8) is 0 Å². The van der Waals surface area contributed by atoms with Crippen molar-refractivity contribution < 1.29 is 4.42 Å². The zero-order valence-electron chi connectivity index (χ0n) is 31.4. The second-order valence-corrected chi connectivity index (χ2v) is 15.1. The Morgan fingerprint density at radius 3 is 1.84 bits per heavy atom. The molecule has 0 N–H and O–H groups in total. The molecular formula is C54H36N2O. The van der Waals surface area contributed by atoms with Crippen LogP contribution < -0.4 is 0 Å². The van der Waals surface area contributed by atoms with E-state index in [1.54, 1.807) is 0 Å². The van der Waals surface area contributed by atoms with Gasteiger partial charge >= 0.3 is 0 Å². The molecular weight excluding hydrogens is 693 g/mol. The summed E-state index contributed by atoms with van der Waals surface area (Å²) in [6.45, 7) is 2.37. The van der Waals surface area contributed by atoms with Crippen LogP contribution in [0.25, 0.3) is 89.2 Å². The first kappa shape index (κ1) is 33.0. The Balaban J connectivity index is 1.05. The lowest BCUT2D eigenvalue weighted by Crippen LogP contribution is -2.22. The van der Waals surface area contributed by atoms with Gasteiger partial charge in [-0.3, -0.25) is 0 Å². The lowest BCUT2D eigenvalue weighted by molar-refractivity contribution is 0.669. The number of nitrogens with zero attached hydrogens (tertiary/aromatic N) is 2. The molecule has 0 radical (unpaired) electrons. The van der Waals surface area contributed by atoms with Crippen molar-refractivity contribution in [1.82, 2.24) is 9.97 Å². The molecule has 10 aromatic rings. The van der Waals surface area contributed by atoms with Gasteiger partial charge in [0.15, 0.2) is 5.82 Å². The maximum Gasteiger partial charge on any atom is 0.160 e. The van der Waals surface area contributed by atoms with Crippen LogP contribution >= 0.6 is 0 Å². The van der Waals surface area contributed by atoms with Crippen LogP contribution in [0.5, 0.6) is 0 Å². The van der Waals surface area contributed by atoms with Crippen molar-refractivity contribution in [2.75, 3.05) is 0 Å². The van der Waals surface area contributed by atoms with Gasteiger partial charge in [0, 0.05) is 32.9 Å². The zero-order chi connectivity index (χ0) is 37.9. The fourth-order valence-electron chi connectivity index (χ4n) is 8.91. The average molecular weight is 729 g/mol. The van der Waals surface area contributed by atoms with E-state index in [0.29, 0.717) is 5.82 Å². The predicted molar refractivity (Wildman–Crippen MR) is 234 cm³/mol. The molecule has 2 heterocycles. The Bertz CT molecular complexity index is 3140. The van der Waals surface area contributed by atoms with Crippen LogP contribution in [0.3, 0.4) is 0 Å². The first-order valence-corrected chi connectivity index (χ1v) is 19.5. The molecule has 57 heavy (non-hydrogen) atoms. The van der Waals surface area contributed by atoms with E-state index in [1.165, 1.54) is 27.8 Å². The van der Waals surface area contributed by atoms with Crippen LogP contribution in [-0.4, -0.2) is 9.97 Å². The first-order chi connectivity index (χ1) is 28.1. The number of hydrogen-bond acceptors (Lipinski definition) is 3. The quantitative estimate of drug-likeness (QED) is 0.171. The highest BCUT2D eigenvalue weighted by Crippen LogP contribution is 2.53. The summed E-state index contributed by atoms with van der Waals surface area (Å²) in [5, 5.41) is 2.23. The highest BCUT2D eigenvalue weighted by Gasteiger charge is 2.40. The first-order valence-electron chi connectivity index (χ1n) is 19.5. The monoisotopic (exact) mass is 728 g/mol. The number of hydrogen-bond donors (Lipinski definition) is 0. The summed E-state index contributed by atoms with van der Waals surface area (Å²) in [7, 11) is 0. The Labute approximate surface area is 331 Å². The van der Waals surface area contributed by atoms with Gasteiger partial charge in [-0.1, -0.05) is 164 Å². The molecule has 11 rings (SSSR count). The summed E-state index contributed by atoms with van der Waals surface area (Å²) in [6.07, 6.45) is 0. The van der Waals surface area contributed by atoms with Crippen LogP contribution in [0, 0.1) is 0 Å². The normalized spacial score (nSPS) is 14.5. The Hall–Kier alpha value is -7.36. The maximum absolute atomic E-state index is 6.14. The van der Waals surface area contributed by atoms with Crippen molar-refractivity contribution in [2.45, 2.75) is 12.3 Å². The number of fused-ring (bicyclic) bond motifs is 6. The maximum atomic E-state index is 6.14. The van der Waals surface area contributed by atoms with Gasteiger partial charge in [0.25, 0.3) is 0 Å². The van der Waals surface area contributed by atoms with Gasteiger partial charge in [-0.25, -0.2) is 9.97 Å². The van der Waals surface area contributed by atoms with E-state index < -0.39 is 0 Å². The molecule has 0 bridgehead atoms. The number of para-hydroxylation sites is 1. The number of rotatable bonds is 6. The fourth-order valence-corrected chi connectivity index (χ4v) is 8.91. The minimum absolute atomic E-state index is 0.291. The summed E-state index contributed by atoms with van der Waals surface area (Å²) in [5.74, 6) is 0.690. The van der Waals surface area contributed by atoms with Gasteiger partial charge in [0.1, 0.15) is 11.2 Å². The van der Waals surface area contributed by atoms with E-state index in [2.05, 4.69) is 177 Å². The third-order valence-electron chi connectivity index (χ3n) is 11.8. The van der Waals surface area contributed by atoms with Crippen LogP contribution in [0.1, 0.15) is 23.6 Å². The smallest absolute Gasteiger partial charge is 0.160 e. The summed E-state index contributed by atoms with van der Waals surface area (Å²) in [6, 6.07) is 71.1. The van der Waals surface area contributed by atoms with Gasteiger partial charge in [-0.2, -0.15) is 0 Å². The predicted octanol–water partition coefficient (Wildman–Crippen LogP) is 14.0. The topological polar surface area (TPSA) is 38.9 Å². The van der Waals surface area contributed by atoms with Crippen molar-refractivity contribution >= 4 is 21.9 Å². The van der Waals surface area contributed by atoms with Gasteiger partial charge in [0.05, 0.1) is 11.4 Å².